The van der Waals surface area contributed by atoms with Crippen LogP contribution in [0.4, 0.5) is 0 Å². The Balaban J connectivity index is 2.10. The van der Waals surface area contributed by atoms with Crippen LogP contribution in [0.2, 0.25) is 0 Å². The van der Waals surface area contributed by atoms with Crippen molar-refractivity contribution in [2.45, 2.75) is 37.6 Å². The molecule has 0 fully saturated rings. The summed E-state index contributed by atoms with van der Waals surface area (Å²) >= 11 is 0. The van der Waals surface area contributed by atoms with Crippen molar-refractivity contribution in [3.05, 3.63) is 53.6 Å². The maximum absolute atomic E-state index is 13.2. The molecule has 1 aliphatic rings. The fourth-order valence-electron chi connectivity index (χ4n) is 3.62. The summed E-state index contributed by atoms with van der Waals surface area (Å²) in [5, 5.41) is 9.48. The fourth-order valence-corrected chi connectivity index (χ4v) is 5.24. The Hall–Kier alpha value is -2.58. The molecule has 7 nitrogen and oxygen atoms in total. The molecule has 0 aromatic heterocycles. The van der Waals surface area contributed by atoms with Crippen LogP contribution in [0.3, 0.4) is 0 Å². The number of fused-ring (bicyclic) bond motifs is 1. The van der Waals surface area contributed by atoms with Crippen LogP contribution in [0.5, 0.6) is 11.5 Å². The van der Waals surface area contributed by atoms with Crippen LogP contribution in [-0.2, 0) is 21.2 Å². The number of nitrogens with zero attached hydrogens (tertiary/aromatic N) is 1. The molecule has 0 aliphatic carbocycles. The number of aliphatic carboxylic acids is 1. The summed E-state index contributed by atoms with van der Waals surface area (Å²) in [7, 11) is -3.85. The first-order chi connectivity index (χ1) is 13.9. The molecule has 8 heteroatoms. The van der Waals surface area contributed by atoms with Gasteiger partial charge in [0.05, 0.1) is 30.6 Å². The average molecular weight is 419 g/mol. The molecule has 0 saturated carbocycles. The van der Waals surface area contributed by atoms with Crippen molar-refractivity contribution in [2.75, 3.05) is 19.8 Å². The quantitative estimate of drug-likeness (QED) is 0.706. The van der Waals surface area contributed by atoms with Gasteiger partial charge >= 0.3 is 5.97 Å². The van der Waals surface area contributed by atoms with Crippen LogP contribution in [-0.4, -0.2) is 43.6 Å². The Bertz CT molecular complexity index is 974. The van der Waals surface area contributed by atoms with Crippen molar-refractivity contribution in [1.82, 2.24) is 4.31 Å². The van der Waals surface area contributed by atoms with Crippen LogP contribution in [0.15, 0.2) is 47.4 Å². The smallest absolute Gasteiger partial charge is 0.305 e. The average Bonchev–Trinajstić information content (AvgIpc) is 2.69. The molecule has 1 aliphatic heterocycles. The third kappa shape index (κ3) is 4.38. The highest BCUT2D eigenvalue weighted by Gasteiger charge is 2.38. The molecule has 2 aromatic rings. The molecular formula is C21H25NO6S. The van der Waals surface area contributed by atoms with Crippen molar-refractivity contribution in [1.29, 1.82) is 0 Å². The van der Waals surface area contributed by atoms with Crippen LogP contribution < -0.4 is 9.47 Å². The van der Waals surface area contributed by atoms with E-state index in [2.05, 4.69) is 0 Å². The molecule has 0 bridgehead atoms. The van der Waals surface area contributed by atoms with Gasteiger partial charge in [-0.15, -0.1) is 0 Å². The zero-order valence-electron chi connectivity index (χ0n) is 16.5. The second-order valence-electron chi connectivity index (χ2n) is 6.66. The molecule has 0 amide bonds. The van der Waals surface area contributed by atoms with Gasteiger partial charge in [0.15, 0.2) is 11.5 Å². The van der Waals surface area contributed by atoms with Crippen LogP contribution in [0.25, 0.3) is 0 Å². The molecule has 0 radical (unpaired) electrons. The van der Waals surface area contributed by atoms with E-state index >= 15 is 0 Å². The fraction of sp³-hybridized carbons (Fsp3) is 0.381. The van der Waals surface area contributed by atoms with Crippen molar-refractivity contribution in [3.8, 4) is 11.5 Å². The second kappa shape index (κ2) is 8.84. The minimum absolute atomic E-state index is 0.148. The predicted octanol–water partition coefficient (Wildman–Crippen LogP) is 3.25. The lowest BCUT2D eigenvalue weighted by molar-refractivity contribution is -0.138. The monoisotopic (exact) mass is 419 g/mol. The van der Waals surface area contributed by atoms with Crippen LogP contribution >= 0.6 is 0 Å². The zero-order valence-corrected chi connectivity index (χ0v) is 17.3. The number of carboxylic acids is 1. The number of rotatable bonds is 8. The topological polar surface area (TPSA) is 93.1 Å². The SMILES string of the molecule is CCOc1cc2c(cc1OCC)C(CC(=O)O)N(S(=O)(=O)c1ccccc1)CC2. The van der Waals surface area contributed by atoms with Gasteiger partial charge in [-0.05, 0) is 55.7 Å². The van der Waals surface area contributed by atoms with Crippen molar-refractivity contribution < 1.29 is 27.8 Å². The molecule has 1 heterocycles. The van der Waals surface area contributed by atoms with E-state index in [0.717, 1.165) is 5.56 Å². The number of hydrogen-bond acceptors (Lipinski definition) is 5. The van der Waals surface area contributed by atoms with E-state index in [-0.39, 0.29) is 17.9 Å². The largest absolute Gasteiger partial charge is 0.490 e. The van der Waals surface area contributed by atoms with Gasteiger partial charge in [0, 0.05) is 6.54 Å². The number of benzene rings is 2. The van der Waals surface area contributed by atoms with Gasteiger partial charge in [-0.3, -0.25) is 4.79 Å². The lowest BCUT2D eigenvalue weighted by atomic mass is 9.91. The Morgan fingerprint density at radius 1 is 1.10 bits per heavy atom. The second-order valence-corrected chi connectivity index (χ2v) is 8.55. The molecule has 156 valence electrons. The van der Waals surface area contributed by atoms with E-state index in [4.69, 9.17) is 9.47 Å². The van der Waals surface area contributed by atoms with E-state index < -0.39 is 22.0 Å². The summed E-state index contributed by atoms with van der Waals surface area (Å²) in [4.78, 5) is 11.7. The van der Waals surface area contributed by atoms with Gasteiger partial charge in [-0.2, -0.15) is 4.31 Å². The number of ether oxygens (including phenoxy) is 2. The predicted molar refractivity (Wildman–Crippen MR) is 108 cm³/mol. The molecule has 2 aromatic carbocycles. The van der Waals surface area contributed by atoms with Gasteiger partial charge in [0.1, 0.15) is 0 Å². The maximum Gasteiger partial charge on any atom is 0.305 e. The molecule has 3 rings (SSSR count). The Kier molecular flexibility index (Phi) is 6.44. The molecule has 1 atom stereocenters. The van der Waals surface area contributed by atoms with Gasteiger partial charge in [0.25, 0.3) is 0 Å². The number of carboxylic acid groups (broad SMARTS) is 1. The lowest BCUT2D eigenvalue weighted by Gasteiger charge is -2.36. The summed E-state index contributed by atoms with van der Waals surface area (Å²) in [5.74, 6) is 0.00643. The maximum atomic E-state index is 13.2. The van der Waals surface area contributed by atoms with E-state index in [1.165, 1.54) is 16.4 Å². The van der Waals surface area contributed by atoms with E-state index in [1.54, 1.807) is 24.3 Å². The van der Waals surface area contributed by atoms with Gasteiger partial charge in [0.2, 0.25) is 10.0 Å². The van der Waals surface area contributed by atoms with Crippen LogP contribution in [0, 0.1) is 0 Å². The summed E-state index contributed by atoms with van der Waals surface area (Å²) in [6.45, 7) is 4.79. The minimum Gasteiger partial charge on any atom is -0.490 e. The van der Waals surface area contributed by atoms with Crippen molar-refractivity contribution >= 4 is 16.0 Å². The first-order valence-electron chi connectivity index (χ1n) is 9.59. The summed E-state index contributed by atoms with van der Waals surface area (Å²) in [5.41, 5.74) is 1.52. The highest BCUT2D eigenvalue weighted by atomic mass is 32.2. The van der Waals surface area contributed by atoms with Crippen molar-refractivity contribution in [3.63, 3.8) is 0 Å². The Labute approximate surface area is 170 Å². The zero-order chi connectivity index (χ0) is 21.0. The molecule has 1 unspecified atom stereocenters. The Morgan fingerprint density at radius 2 is 1.72 bits per heavy atom. The highest BCUT2D eigenvalue weighted by Crippen LogP contribution is 2.41. The van der Waals surface area contributed by atoms with Gasteiger partial charge < -0.3 is 14.6 Å². The van der Waals surface area contributed by atoms with E-state index in [0.29, 0.717) is 36.7 Å². The molecular weight excluding hydrogens is 394 g/mol. The third-order valence-corrected chi connectivity index (χ3v) is 6.75. The van der Waals surface area contributed by atoms with Gasteiger partial charge in [-0.1, -0.05) is 18.2 Å². The standard InChI is InChI=1S/C21H25NO6S/c1-3-27-19-12-15-10-11-22(29(25,26)16-8-6-5-7-9-16)18(14-21(23)24)17(15)13-20(19)28-4-2/h5-9,12-13,18H,3-4,10-11,14H2,1-2H3,(H,23,24). The van der Waals surface area contributed by atoms with Crippen LogP contribution in [0.1, 0.15) is 37.4 Å². The normalized spacial score (nSPS) is 16.8. The first kappa shape index (κ1) is 21.1. The number of hydrogen-bond donors (Lipinski definition) is 1. The minimum atomic E-state index is -3.85. The summed E-state index contributed by atoms with van der Waals surface area (Å²) < 4.78 is 39.1. The third-order valence-electron chi connectivity index (χ3n) is 4.83. The lowest BCUT2D eigenvalue weighted by Crippen LogP contribution is -2.41. The summed E-state index contributed by atoms with van der Waals surface area (Å²) in [6, 6.07) is 10.8. The molecule has 1 N–H and O–H groups in total. The molecule has 0 spiro atoms. The van der Waals surface area contributed by atoms with Crippen molar-refractivity contribution in [2.24, 2.45) is 0 Å². The molecule has 0 saturated heterocycles. The van der Waals surface area contributed by atoms with Gasteiger partial charge in [-0.25, -0.2) is 8.42 Å². The summed E-state index contributed by atoms with van der Waals surface area (Å²) in [6.07, 6.45) is 0.128. The van der Waals surface area contributed by atoms with E-state index in [9.17, 15) is 18.3 Å². The first-order valence-corrected chi connectivity index (χ1v) is 11.0. The number of carbonyl (C=O) groups is 1. The Morgan fingerprint density at radius 3 is 2.31 bits per heavy atom. The number of sulfonamides is 1. The molecule has 29 heavy (non-hydrogen) atoms. The van der Waals surface area contributed by atoms with E-state index in [1.807, 2.05) is 19.9 Å². The highest BCUT2D eigenvalue weighted by molar-refractivity contribution is 7.89.